The topological polar surface area (TPSA) is 193 Å². The number of thiazole rings is 1. The van der Waals surface area contributed by atoms with E-state index in [4.69, 9.17) is 16.3 Å². The van der Waals surface area contributed by atoms with Gasteiger partial charge in [-0.1, -0.05) is 84.3 Å². The molecule has 1 aliphatic carbocycles. The molecule has 69 heavy (non-hydrogen) atoms. The molecule has 368 valence electrons. The molecule has 15 nitrogen and oxygen atoms in total. The molecule has 4 aromatic rings. The highest BCUT2D eigenvalue weighted by atomic mass is 35.5. The van der Waals surface area contributed by atoms with Gasteiger partial charge in [0.15, 0.2) is 0 Å². The van der Waals surface area contributed by atoms with Crippen molar-refractivity contribution < 1.29 is 29.0 Å². The highest BCUT2D eigenvalue weighted by Crippen LogP contribution is 2.55. The number of ether oxygens (including phenoxy) is 1. The fourth-order valence-electron chi connectivity index (χ4n) is 10.4. The van der Waals surface area contributed by atoms with E-state index < -0.39 is 34.4 Å². The molecule has 2 aromatic carbocycles. The average molecular weight is 981 g/mol. The molecule has 2 saturated heterocycles. The molecule has 2 aliphatic heterocycles. The first-order chi connectivity index (χ1) is 32.6. The Hall–Kier alpha value is -5.60. The molecule has 4 amide bonds. The molecule has 0 spiro atoms. The van der Waals surface area contributed by atoms with Crippen LogP contribution in [-0.2, 0) is 14.4 Å². The van der Waals surface area contributed by atoms with E-state index in [0.717, 1.165) is 53.7 Å². The number of carbonyl (C=O) groups is 4. The number of hydrogen-bond donors (Lipinski definition) is 4. The van der Waals surface area contributed by atoms with Gasteiger partial charge in [-0.25, -0.2) is 9.97 Å². The number of benzene rings is 2. The van der Waals surface area contributed by atoms with E-state index in [1.54, 1.807) is 41.8 Å². The fourth-order valence-corrected chi connectivity index (χ4v) is 11.5. The quantitative estimate of drug-likeness (QED) is 0.0967. The molecule has 3 fully saturated rings. The minimum Gasteiger partial charge on any atom is -0.489 e. The Morgan fingerprint density at radius 3 is 2.28 bits per heavy atom. The van der Waals surface area contributed by atoms with E-state index in [9.17, 15) is 29.5 Å². The largest absolute Gasteiger partial charge is 0.489 e. The lowest BCUT2D eigenvalue weighted by atomic mass is 9.49. The molecule has 17 heteroatoms. The molecule has 0 radical (unpaired) electrons. The maximum absolute atomic E-state index is 14.2. The second-order valence-corrected chi connectivity index (χ2v) is 22.3. The maximum Gasteiger partial charge on any atom is 0.253 e. The van der Waals surface area contributed by atoms with E-state index in [-0.39, 0.29) is 61.2 Å². The van der Waals surface area contributed by atoms with Gasteiger partial charge >= 0.3 is 0 Å². The number of rotatable bonds is 15. The van der Waals surface area contributed by atoms with E-state index in [0.29, 0.717) is 34.9 Å². The number of nitriles is 1. The monoisotopic (exact) mass is 979 g/mol. The van der Waals surface area contributed by atoms with Gasteiger partial charge in [0.25, 0.3) is 5.91 Å². The van der Waals surface area contributed by atoms with Gasteiger partial charge in [0.2, 0.25) is 17.7 Å². The number of likely N-dealkylation sites (tertiary alicyclic amines) is 1. The van der Waals surface area contributed by atoms with Crippen molar-refractivity contribution in [3.63, 3.8) is 0 Å². The van der Waals surface area contributed by atoms with Crippen LogP contribution in [0.5, 0.6) is 5.75 Å². The van der Waals surface area contributed by atoms with Crippen LogP contribution in [0.4, 0.5) is 5.82 Å². The Morgan fingerprint density at radius 2 is 1.68 bits per heavy atom. The fraction of sp³-hybridized carbons (Fsp3) is 0.519. The van der Waals surface area contributed by atoms with Crippen LogP contribution in [0.1, 0.15) is 108 Å². The van der Waals surface area contributed by atoms with Crippen LogP contribution < -0.4 is 25.6 Å². The zero-order chi connectivity index (χ0) is 50.0. The Bertz CT molecular complexity index is 2530. The van der Waals surface area contributed by atoms with Gasteiger partial charge in [0, 0.05) is 74.7 Å². The van der Waals surface area contributed by atoms with Gasteiger partial charge in [-0.3, -0.25) is 24.1 Å². The second kappa shape index (κ2) is 20.8. The van der Waals surface area contributed by atoms with Crippen molar-refractivity contribution in [2.24, 2.45) is 16.2 Å². The molecular weight excluding hydrogens is 914 g/mol. The van der Waals surface area contributed by atoms with Gasteiger partial charge in [-0.05, 0) is 67.6 Å². The number of aryl methyl sites for hydroxylation is 1. The number of halogens is 1. The second-order valence-electron chi connectivity index (χ2n) is 21.0. The Labute approximate surface area is 415 Å². The van der Waals surface area contributed by atoms with Crippen LogP contribution in [0.15, 0.2) is 66.3 Å². The summed E-state index contributed by atoms with van der Waals surface area (Å²) in [5, 5.41) is 29.5. The number of carbonyl (C=O) groups excluding carboxylic acids is 4. The van der Waals surface area contributed by atoms with Crippen LogP contribution in [0, 0.1) is 34.5 Å². The van der Waals surface area contributed by atoms with Crippen LogP contribution in [-0.4, -0.2) is 118 Å². The van der Waals surface area contributed by atoms with Crippen molar-refractivity contribution in [3.05, 3.63) is 93.7 Å². The number of pyridine rings is 1. The van der Waals surface area contributed by atoms with Gasteiger partial charge in [0.1, 0.15) is 35.8 Å². The van der Waals surface area contributed by atoms with Gasteiger partial charge in [0.05, 0.1) is 44.4 Å². The first-order valence-corrected chi connectivity index (χ1v) is 25.0. The van der Waals surface area contributed by atoms with Crippen molar-refractivity contribution in [3.8, 4) is 22.3 Å². The highest BCUT2D eigenvalue weighted by molar-refractivity contribution is 7.13. The normalized spacial score (nSPS) is 21.9. The van der Waals surface area contributed by atoms with Crippen molar-refractivity contribution in [2.75, 3.05) is 44.2 Å². The van der Waals surface area contributed by atoms with Crippen molar-refractivity contribution in [1.82, 2.24) is 35.7 Å². The summed E-state index contributed by atoms with van der Waals surface area (Å²) in [6, 6.07) is 16.5. The molecule has 1 saturated carbocycles. The number of aliphatic hydroxyl groups is 1. The predicted octanol–water partition coefficient (Wildman–Crippen LogP) is 6.92. The van der Waals surface area contributed by atoms with E-state index >= 15 is 0 Å². The summed E-state index contributed by atoms with van der Waals surface area (Å²) >= 11 is 7.84. The lowest BCUT2D eigenvalue weighted by molar-refractivity contribution is -0.164. The molecule has 4 heterocycles. The van der Waals surface area contributed by atoms with Crippen molar-refractivity contribution in [1.29, 1.82) is 5.26 Å². The molecule has 0 unspecified atom stereocenters. The molecular formula is C52H66ClN9O6S. The number of hydrogen-bond acceptors (Lipinski definition) is 12. The average Bonchev–Trinajstić information content (AvgIpc) is 3.93. The number of nitrogens with one attached hydrogen (secondary N) is 3. The molecule has 0 bridgehead atoms. The summed E-state index contributed by atoms with van der Waals surface area (Å²) in [6.07, 6.45) is 1.47. The zero-order valence-electron chi connectivity index (χ0n) is 41.1. The third-order valence-corrected chi connectivity index (χ3v) is 15.4. The highest BCUT2D eigenvalue weighted by Gasteiger charge is 2.64. The lowest BCUT2D eigenvalue weighted by Crippen LogP contribution is -2.74. The van der Waals surface area contributed by atoms with E-state index in [1.165, 1.54) is 4.90 Å². The smallest absolute Gasteiger partial charge is 0.253 e. The number of piperazine rings is 1. The number of aromatic nitrogens is 2. The van der Waals surface area contributed by atoms with Gasteiger partial charge < -0.3 is 35.6 Å². The lowest BCUT2D eigenvalue weighted by Gasteiger charge is -2.63. The van der Waals surface area contributed by atoms with Crippen LogP contribution in [0.2, 0.25) is 5.02 Å². The summed E-state index contributed by atoms with van der Waals surface area (Å²) in [7, 11) is 0. The van der Waals surface area contributed by atoms with Crippen LogP contribution in [0.25, 0.3) is 10.4 Å². The molecule has 3 aliphatic rings. The number of aliphatic hydroxyl groups excluding tert-OH is 1. The Balaban J connectivity index is 0.850. The minimum atomic E-state index is -0.898. The van der Waals surface area contributed by atoms with Crippen molar-refractivity contribution in [2.45, 2.75) is 118 Å². The number of β-amino-alcohol motifs (C(OH)–C–C–N with tert-alkyl or cyclic N) is 1. The summed E-state index contributed by atoms with van der Waals surface area (Å²) in [5.74, 6) is 0.172. The van der Waals surface area contributed by atoms with Gasteiger partial charge in [-0.15, -0.1) is 11.3 Å². The zero-order valence-corrected chi connectivity index (χ0v) is 42.7. The molecule has 4 atom stereocenters. The standard InChI is InChI=1S/C52H66ClN9O6S/c1-31(33-12-14-34(15-13-33)43-32(2)56-30-69-43)57-46(66)40-25-37(63)29-62(40)47(67)44(50(3,4)5)58-42(64)11-10-20-60-21-23-61(24-22-60)41-19-17-36(28-55-41)45(65)59-48-51(6,7)49(52(48,8)9)68-38-18-16-35(27-54)39(53)26-38/h12-19,26,28,30-31,37,40,44,48-49,63H,10-11,20-25,29H2,1-9H3,(H,57,66)(H,58,64)(H,59,65)/t31-,37+,40-,44+,48-,49-/m0/s1. The summed E-state index contributed by atoms with van der Waals surface area (Å²) in [6.45, 7) is 21.5. The third kappa shape index (κ3) is 11.4. The molecule has 2 aromatic heterocycles. The van der Waals surface area contributed by atoms with E-state index in [1.807, 2.05) is 70.5 Å². The number of amides is 4. The van der Waals surface area contributed by atoms with Crippen molar-refractivity contribution >= 4 is 52.4 Å². The SMILES string of the molecule is Cc1ncsc1-c1ccc([C@H](C)NC(=O)[C@@H]2C[C@@H](O)CN2C(=O)[C@@H](NC(=O)CCCN2CCN(c3ccc(C(=O)N[C@H]4C(C)(C)[C@H](Oc5ccc(C#N)c(Cl)c5)C4(C)C)cn3)CC2)C(C)(C)C)cc1. The van der Waals surface area contributed by atoms with E-state index in [2.05, 4.69) is 69.5 Å². The number of nitrogens with zero attached hydrogens (tertiary/aromatic N) is 6. The summed E-state index contributed by atoms with van der Waals surface area (Å²) < 4.78 is 6.37. The van der Waals surface area contributed by atoms with Crippen LogP contribution >= 0.6 is 22.9 Å². The Kier molecular flexibility index (Phi) is 15.4. The Morgan fingerprint density at radius 1 is 0.986 bits per heavy atom. The summed E-state index contributed by atoms with van der Waals surface area (Å²) in [4.78, 5) is 70.9. The predicted molar refractivity (Wildman–Crippen MR) is 268 cm³/mol. The number of anilines is 1. The minimum absolute atomic E-state index is 0.00609. The third-order valence-electron chi connectivity index (χ3n) is 14.1. The molecule has 4 N–H and O–H groups in total. The maximum atomic E-state index is 14.2. The van der Waals surface area contributed by atoms with Crippen LogP contribution in [0.3, 0.4) is 0 Å². The first kappa shape index (κ1) is 51.3. The summed E-state index contributed by atoms with van der Waals surface area (Å²) in [5.41, 5.74) is 4.15. The first-order valence-electron chi connectivity index (χ1n) is 23.8. The molecule has 7 rings (SSSR count). The van der Waals surface area contributed by atoms with Gasteiger partial charge in [-0.2, -0.15) is 5.26 Å².